The lowest BCUT2D eigenvalue weighted by Crippen LogP contribution is -2.44. The summed E-state index contributed by atoms with van der Waals surface area (Å²) in [7, 11) is 0. The van der Waals surface area contributed by atoms with Gasteiger partial charge < -0.3 is 10.6 Å². The zero-order valence-corrected chi connectivity index (χ0v) is 14.8. The van der Waals surface area contributed by atoms with Crippen LogP contribution in [-0.2, 0) is 15.1 Å². The molecule has 0 bridgehead atoms. The molecule has 134 valence electrons. The van der Waals surface area contributed by atoms with Crippen LogP contribution in [0.5, 0.6) is 0 Å². The summed E-state index contributed by atoms with van der Waals surface area (Å²) in [4.78, 5) is 42.4. The van der Waals surface area contributed by atoms with Crippen molar-refractivity contribution in [2.45, 2.75) is 18.9 Å². The number of anilines is 1. The van der Waals surface area contributed by atoms with Gasteiger partial charge in [0.05, 0.1) is 5.02 Å². The summed E-state index contributed by atoms with van der Waals surface area (Å²) < 4.78 is 0. The van der Waals surface area contributed by atoms with Crippen molar-refractivity contribution in [3.8, 4) is 0 Å². The van der Waals surface area contributed by atoms with E-state index in [2.05, 4.69) is 15.6 Å². The second-order valence-corrected chi connectivity index (χ2v) is 6.29. The van der Waals surface area contributed by atoms with Gasteiger partial charge >= 0.3 is 6.03 Å². The molecule has 0 radical (unpaired) electrons. The molecule has 8 heteroatoms. The molecule has 0 spiro atoms. The van der Waals surface area contributed by atoms with Crippen molar-refractivity contribution in [2.75, 3.05) is 11.9 Å². The quantitative estimate of drug-likeness (QED) is 0.789. The van der Waals surface area contributed by atoms with Crippen LogP contribution in [0.1, 0.15) is 18.9 Å². The van der Waals surface area contributed by atoms with Gasteiger partial charge in [-0.05, 0) is 24.1 Å². The number of hydrogen-bond acceptors (Lipinski definition) is 4. The smallest absolute Gasteiger partial charge is 0.319 e. The molecule has 1 aliphatic heterocycles. The topological polar surface area (TPSA) is 91.4 Å². The lowest BCUT2D eigenvalue weighted by molar-refractivity contribution is -0.134. The van der Waals surface area contributed by atoms with E-state index in [1.165, 1.54) is 12.3 Å². The number of benzene rings is 1. The van der Waals surface area contributed by atoms with E-state index in [0.717, 1.165) is 4.90 Å². The van der Waals surface area contributed by atoms with Crippen molar-refractivity contribution in [3.63, 3.8) is 0 Å². The first-order valence-corrected chi connectivity index (χ1v) is 8.45. The van der Waals surface area contributed by atoms with Crippen LogP contribution >= 0.6 is 11.6 Å². The van der Waals surface area contributed by atoms with Crippen molar-refractivity contribution in [3.05, 3.63) is 59.2 Å². The second kappa shape index (κ2) is 7.13. The number of nitrogens with zero attached hydrogens (tertiary/aromatic N) is 2. The molecule has 2 aromatic rings. The molecule has 1 saturated heterocycles. The fourth-order valence-corrected chi connectivity index (χ4v) is 3.02. The number of aromatic nitrogens is 1. The van der Waals surface area contributed by atoms with Crippen molar-refractivity contribution in [1.29, 1.82) is 0 Å². The Labute approximate surface area is 155 Å². The molecule has 0 aliphatic carbocycles. The number of carbonyl (C=O) groups is 3. The van der Waals surface area contributed by atoms with Gasteiger partial charge in [0, 0.05) is 6.20 Å². The number of halogens is 1. The maximum absolute atomic E-state index is 12.9. The van der Waals surface area contributed by atoms with Gasteiger partial charge in [-0.1, -0.05) is 48.9 Å². The molecule has 7 nitrogen and oxygen atoms in total. The van der Waals surface area contributed by atoms with Gasteiger partial charge in [-0.3, -0.25) is 14.5 Å². The zero-order valence-electron chi connectivity index (χ0n) is 14.0. The summed E-state index contributed by atoms with van der Waals surface area (Å²) in [6.07, 6.45) is 1.76. The van der Waals surface area contributed by atoms with E-state index in [1.807, 2.05) is 13.0 Å². The molecule has 2 N–H and O–H groups in total. The van der Waals surface area contributed by atoms with Crippen LogP contribution < -0.4 is 10.6 Å². The van der Waals surface area contributed by atoms with E-state index < -0.39 is 29.9 Å². The number of imide groups is 1. The maximum atomic E-state index is 12.9. The average Bonchev–Trinajstić information content (AvgIpc) is 2.89. The third-order valence-corrected chi connectivity index (χ3v) is 4.49. The predicted octanol–water partition coefficient (Wildman–Crippen LogP) is 2.53. The Balaban J connectivity index is 1.76. The van der Waals surface area contributed by atoms with Crippen LogP contribution in [0.2, 0.25) is 5.02 Å². The van der Waals surface area contributed by atoms with Crippen LogP contribution in [0.15, 0.2) is 48.7 Å². The summed E-state index contributed by atoms with van der Waals surface area (Å²) in [6, 6.07) is 11.5. The van der Waals surface area contributed by atoms with Crippen LogP contribution in [0.3, 0.4) is 0 Å². The first-order chi connectivity index (χ1) is 12.5. The normalized spacial score (nSPS) is 19.4. The molecule has 1 aromatic carbocycles. The van der Waals surface area contributed by atoms with Gasteiger partial charge in [0.15, 0.2) is 0 Å². The third kappa shape index (κ3) is 3.25. The Hall–Kier alpha value is -2.93. The minimum Gasteiger partial charge on any atom is -0.319 e. The van der Waals surface area contributed by atoms with Crippen LogP contribution in [0, 0.1) is 0 Å². The zero-order chi connectivity index (χ0) is 18.7. The van der Waals surface area contributed by atoms with Gasteiger partial charge in [0.25, 0.3) is 5.91 Å². The highest BCUT2D eigenvalue weighted by molar-refractivity contribution is 6.30. The fourth-order valence-electron chi connectivity index (χ4n) is 2.91. The average molecular weight is 373 g/mol. The molecule has 26 heavy (non-hydrogen) atoms. The standard InChI is InChI=1S/C18H17ClN4O3/c1-2-18(12-6-4-3-5-7-12)16(25)23(17(26)22-18)11-15(24)21-14-9-8-13(19)10-20-14/h3-10H,2,11H2,1H3,(H,22,26)(H,20,21,24). The first-order valence-electron chi connectivity index (χ1n) is 8.07. The van der Waals surface area contributed by atoms with Crippen molar-refractivity contribution >= 4 is 35.3 Å². The summed E-state index contributed by atoms with van der Waals surface area (Å²) in [5, 5.41) is 5.71. The van der Waals surface area contributed by atoms with Gasteiger partial charge in [-0.15, -0.1) is 0 Å². The SMILES string of the molecule is CCC1(c2ccccc2)NC(=O)N(CC(=O)Nc2ccc(Cl)cn2)C1=O. The summed E-state index contributed by atoms with van der Waals surface area (Å²) in [5.74, 6) is -0.685. The molecule has 1 atom stereocenters. The minimum absolute atomic E-state index is 0.288. The molecule has 2 heterocycles. The van der Waals surface area contributed by atoms with E-state index in [1.54, 1.807) is 30.3 Å². The monoisotopic (exact) mass is 372 g/mol. The van der Waals surface area contributed by atoms with Crippen LogP contribution in [-0.4, -0.2) is 34.3 Å². The number of amides is 4. The highest BCUT2D eigenvalue weighted by Gasteiger charge is 2.51. The van der Waals surface area contributed by atoms with E-state index in [4.69, 9.17) is 11.6 Å². The minimum atomic E-state index is -1.16. The summed E-state index contributed by atoms with van der Waals surface area (Å²) >= 11 is 5.75. The molecule has 1 fully saturated rings. The molecule has 3 rings (SSSR count). The van der Waals surface area contributed by atoms with E-state index in [0.29, 0.717) is 17.0 Å². The van der Waals surface area contributed by atoms with E-state index >= 15 is 0 Å². The number of urea groups is 1. The number of rotatable bonds is 5. The van der Waals surface area contributed by atoms with Gasteiger partial charge in [0.1, 0.15) is 17.9 Å². The number of hydrogen-bond donors (Lipinski definition) is 2. The van der Waals surface area contributed by atoms with Crippen LogP contribution in [0.4, 0.5) is 10.6 Å². The Morgan fingerprint density at radius 2 is 1.96 bits per heavy atom. The Morgan fingerprint density at radius 3 is 2.58 bits per heavy atom. The molecular weight excluding hydrogens is 356 g/mol. The fraction of sp³-hybridized carbons (Fsp3) is 0.222. The summed E-state index contributed by atoms with van der Waals surface area (Å²) in [6.45, 7) is 1.41. The maximum Gasteiger partial charge on any atom is 0.325 e. The molecule has 1 aliphatic rings. The van der Waals surface area contributed by atoms with Gasteiger partial charge in [0.2, 0.25) is 5.91 Å². The lowest BCUT2D eigenvalue weighted by atomic mass is 9.87. The Kier molecular flexibility index (Phi) is 4.90. The van der Waals surface area contributed by atoms with Crippen molar-refractivity contribution in [2.24, 2.45) is 0 Å². The third-order valence-electron chi connectivity index (χ3n) is 4.27. The predicted molar refractivity (Wildman–Crippen MR) is 96.5 cm³/mol. The molecule has 4 amide bonds. The largest absolute Gasteiger partial charge is 0.325 e. The summed E-state index contributed by atoms with van der Waals surface area (Å²) in [5.41, 5.74) is -0.472. The number of pyridine rings is 1. The lowest BCUT2D eigenvalue weighted by Gasteiger charge is -2.25. The molecule has 1 unspecified atom stereocenters. The molecular formula is C18H17ClN4O3. The highest BCUT2D eigenvalue weighted by atomic mass is 35.5. The molecule has 1 aromatic heterocycles. The second-order valence-electron chi connectivity index (χ2n) is 5.86. The van der Waals surface area contributed by atoms with E-state index in [9.17, 15) is 14.4 Å². The number of nitrogens with one attached hydrogen (secondary N) is 2. The first kappa shape index (κ1) is 17.9. The molecule has 0 saturated carbocycles. The number of carbonyl (C=O) groups excluding carboxylic acids is 3. The van der Waals surface area contributed by atoms with Crippen LogP contribution in [0.25, 0.3) is 0 Å². The van der Waals surface area contributed by atoms with Gasteiger partial charge in [-0.2, -0.15) is 0 Å². The van der Waals surface area contributed by atoms with E-state index in [-0.39, 0.29) is 5.82 Å². The highest BCUT2D eigenvalue weighted by Crippen LogP contribution is 2.32. The Bertz CT molecular complexity index is 841. The van der Waals surface area contributed by atoms with Crippen molar-refractivity contribution < 1.29 is 14.4 Å². The van der Waals surface area contributed by atoms with Crippen molar-refractivity contribution in [1.82, 2.24) is 15.2 Å². The van der Waals surface area contributed by atoms with Gasteiger partial charge in [-0.25, -0.2) is 9.78 Å². The Morgan fingerprint density at radius 1 is 1.23 bits per heavy atom.